The number of rotatable bonds is 12. The molecule has 0 saturated carbocycles. The second-order valence-electron chi connectivity index (χ2n) is 4.29. The van der Waals surface area contributed by atoms with Crippen LogP contribution in [0.3, 0.4) is 0 Å². The molecule has 1 atom stereocenters. The van der Waals surface area contributed by atoms with Crippen molar-refractivity contribution in [2.75, 3.05) is 46.1 Å². The summed E-state index contributed by atoms with van der Waals surface area (Å²) in [6.45, 7) is 8.83. The maximum atomic E-state index is 11.1. The molecule has 20 heavy (non-hydrogen) atoms. The summed E-state index contributed by atoms with van der Waals surface area (Å²) < 4.78 is 10.6. The van der Waals surface area contributed by atoms with Crippen molar-refractivity contribution < 1.29 is 24.2 Å². The van der Waals surface area contributed by atoms with Gasteiger partial charge in [0.2, 0.25) is 5.91 Å². The fourth-order valence-corrected chi connectivity index (χ4v) is 1.66. The van der Waals surface area contributed by atoms with E-state index in [9.17, 15) is 9.59 Å². The molecule has 0 aromatic heterocycles. The van der Waals surface area contributed by atoms with Crippen LogP contribution in [0.4, 0.5) is 0 Å². The van der Waals surface area contributed by atoms with Crippen LogP contribution < -0.4 is 5.32 Å². The molecule has 0 spiro atoms. The summed E-state index contributed by atoms with van der Waals surface area (Å²) in [5.74, 6) is -1.40. The molecule has 0 saturated heterocycles. The molecule has 0 heterocycles. The third kappa shape index (κ3) is 9.71. The highest BCUT2D eigenvalue weighted by Gasteiger charge is 2.21. The molecule has 7 nitrogen and oxygen atoms in total. The summed E-state index contributed by atoms with van der Waals surface area (Å²) in [4.78, 5) is 24.1. The van der Waals surface area contributed by atoms with Crippen LogP contribution in [0.5, 0.6) is 0 Å². The zero-order valence-corrected chi connectivity index (χ0v) is 12.6. The first-order chi connectivity index (χ1) is 9.51. The molecular formula is C13H26N2O5. The first-order valence-electron chi connectivity index (χ1n) is 6.89. The Labute approximate surface area is 120 Å². The number of nitrogens with zero attached hydrogens (tertiary/aromatic N) is 1. The van der Waals surface area contributed by atoms with Crippen LogP contribution in [-0.2, 0) is 19.1 Å². The molecule has 1 amide bonds. The molecule has 2 N–H and O–H groups in total. The number of nitrogens with one attached hydrogen (secondary N) is 1. The molecule has 0 rings (SSSR count). The molecule has 118 valence electrons. The lowest BCUT2D eigenvalue weighted by Gasteiger charge is -2.25. The number of carboxylic acids is 1. The number of hydrogen-bond donors (Lipinski definition) is 2. The van der Waals surface area contributed by atoms with E-state index in [1.54, 1.807) is 0 Å². The van der Waals surface area contributed by atoms with Crippen molar-refractivity contribution in [1.29, 1.82) is 0 Å². The Morgan fingerprint density at radius 3 is 2.00 bits per heavy atom. The number of hydrogen-bond acceptors (Lipinski definition) is 5. The van der Waals surface area contributed by atoms with Crippen molar-refractivity contribution in [3.05, 3.63) is 0 Å². The van der Waals surface area contributed by atoms with Crippen LogP contribution in [-0.4, -0.2) is 74.0 Å². The van der Waals surface area contributed by atoms with E-state index in [-0.39, 0.29) is 12.5 Å². The lowest BCUT2D eigenvalue weighted by molar-refractivity contribution is -0.142. The summed E-state index contributed by atoms with van der Waals surface area (Å²) in [7, 11) is 0. The normalized spacial score (nSPS) is 12.4. The van der Waals surface area contributed by atoms with E-state index in [4.69, 9.17) is 14.6 Å². The maximum Gasteiger partial charge on any atom is 0.327 e. The van der Waals surface area contributed by atoms with E-state index in [2.05, 4.69) is 5.32 Å². The molecule has 0 fully saturated rings. The van der Waals surface area contributed by atoms with Crippen molar-refractivity contribution in [1.82, 2.24) is 10.2 Å². The predicted octanol–water partition coefficient (Wildman–Crippen LogP) is -0.0493. The molecule has 1 unspecified atom stereocenters. The topological polar surface area (TPSA) is 88.1 Å². The lowest BCUT2D eigenvalue weighted by atomic mass is 10.2. The van der Waals surface area contributed by atoms with Gasteiger partial charge in [0.15, 0.2) is 0 Å². The van der Waals surface area contributed by atoms with Gasteiger partial charge in [-0.15, -0.1) is 0 Å². The SMILES string of the molecule is CCOCCN(CCOCC)CC(NC(C)=O)C(=O)O. The molecular weight excluding hydrogens is 264 g/mol. The van der Waals surface area contributed by atoms with Gasteiger partial charge in [0.25, 0.3) is 0 Å². The Morgan fingerprint density at radius 1 is 1.15 bits per heavy atom. The maximum absolute atomic E-state index is 11.1. The van der Waals surface area contributed by atoms with E-state index in [0.29, 0.717) is 39.5 Å². The summed E-state index contributed by atoms with van der Waals surface area (Å²) in [6.07, 6.45) is 0. The second-order valence-corrected chi connectivity index (χ2v) is 4.29. The number of carboxylic acid groups (broad SMARTS) is 1. The lowest BCUT2D eigenvalue weighted by Crippen LogP contribution is -2.49. The van der Waals surface area contributed by atoms with Crippen LogP contribution >= 0.6 is 0 Å². The molecule has 7 heteroatoms. The minimum absolute atomic E-state index is 0.231. The first kappa shape index (κ1) is 18.8. The number of amides is 1. The van der Waals surface area contributed by atoms with E-state index < -0.39 is 12.0 Å². The van der Waals surface area contributed by atoms with E-state index >= 15 is 0 Å². The molecule has 0 aromatic rings. The van der Waals surface area contributed by atoms with Gasteiger partial charge in [-0.3, -0.25) is 9.69 Å². The van der Waals surface area contributed by atoms with Crippen LogP contribution in [0.1, 0.15) is 20.8 Å². The molecule has 0 aliphatic carbocycles. The van der Waals surface area contributed by atoms with Crippen molar-refractivity contribution >= 4 is 11.9 Å². The molecule has 0 aromatic carbocycles. The van der Waals surface area contributed by atoms with E-state index in [0.717, 1.165) is 0 Å². The molecule has 0 bridgehead atoms. The van der Waals surface area contributed by atoms with Gasteiger partial charge in [-0.1, -0.05) is 0 Å². The Bertz CT molecular complexity index is 276. The third-order valence-corrected chi connectivity index (χ3v) is 2.63. The van der Waals surface area contributed by atoms with Crippen LogP contribution in [0.25, 0.3) is 0 Å². The van der Waals surface area contributed by atoms with E-state index in [1.807, 2.05) is 18.7 Å². The predicted molar refractivity (Wildman–Crippen MR) is 74.7 cm³/mol. The van der Waals surface area contributed by atoms with E-state index in [1.165, 1.54) is 6.92 Å². The smallest absolute Gasteiger partial charge is 0.327 e. The minimum atomic E-state index is -1.04. The van der Waals surface area contributed by atoms with Crippen LogP contribution in [0, 0.1) is 0 Å². The largest absolute Gasteiger partial charge is 0.480 e. The summed E-state index contributed by atoms with van der Waals surface area (Å²) >= 11 is 0. The molecule has 0 aliphatic heterocycles. The number of ether oxygens (including phenoxy) is 2. The van der Waals surface area contributed by atoms with Gasteiger partial charge in [-0.2, -0.15) is 0 Å². The van der Waals surface area contributed by atoms with Gasteiger partial charge in [-0.25, -0.2) is 4.79 Å². The third-order valence-electron chi connectivity index (χ3n) is 2.63. The summed E-state index contributed by atoms with van der Waals surface area (Å²) in [6, 6.07) is -0.921. The zero-order valence-electron chi connectivity index (χ0n) is 12.6. The van der Waals surface area contributed by atoms with Crippen molar-refractivity contribution in [2.45, 2.75) is 26.8 Å². The van der Waals surface area contributed by atoms with Gasteiger partial charge < -0.3 is 19.9 Å². The monoisotopic (exact) mass is 290 g/mol. The Balaban J connectivity index is 4.38. The molecule has 0 radical (unpaired) electrons. The average molecular weight is 290 g/mol. The highest BCUT2D eigenvalue weighted by molar-refractivity contribution is 5.82. The first-order valence-corrected chi connectivity index (χ1v) is 6.89. The van der Waals surface area contributed by atoms with Crippen LogP contribution in [0.15, 0.2) is 0 Å². The van der Waals surface area contributed by atoms with Gasteiger partial charge in [-0.05, 0) is 13.8 Å². The van der Waals surface area contributed by atoms with Gasteiger partial charge >= 0.3 is 5.97 Å². The standard InChI is InChI=1S/C13H26N2O5/c1-4-19-8-6-15(7-9-20-5-2)10-12(13(17)18)14-11(3)16/h12H,4-10H2,1-3H3,(H,14,16)(H,17,18). The summed E-state index contributed by atoms with van der Waals surface area (Å²) in [5.41, 5.74) is 0. The van der Waals surface area contributed by atoms with Crippen molar-refractivity contribution in [3.63, 3.8) is 0 Å². The highest BCUT2D eigenvalue weighted by atomic mass is 16.5. The Hall–Kier alpha value is -1.18. The fraction of sp³-hybridized carbons (Fsp3) is 0.846. The average Bonchev–Trinajstić information content (AvgIpc) is 2.37. The highest BCUT2D eigenvalue weighted by Crippen LogP contribution is 1.96. The second kappa shape index (κ2) is 11.6. The number of carbonyl (C=O) groups is 2. The van der Waals surface area contributed by atoms with Crippen molar-refractivity contribution in [3.8, 4) is 0 Å². The Kier molecular flexibility index (Phi) is 10.9. The zero-order chi connectivity index (χ0) is 15.4. The fourth-order valence-electron chi connectivity index (χ4n) is 1.66. The van der Waals surface area contributed by atoms with Crippen LogP contribution in [0.2, 0.25) is 0 Å². The van der Waals surface area contributed by atoms with Gasteiger partial charge in [0, 0.05) is 39.8 Å². The molecule has 0 aliphatic rings. The quantitative estimate of drug-likeness (QED) is 0.490. The summed E-state index contributed by atoms with van der Waals surface area (Å²) in [5, 5.41) is 11.5. The van der Waals surface area contributed by atoms with Gasteiger partial charge in [0.05, 0.1) is 13.2 Å². The van der Waals surface area contributed by atoms with Gasteiger partial charge in [0.1, 0.15) is 6.04 Å². The number of aliphatic carboxylic acids is 1. The minimum Gasteiger partial charge on any atom is -0.480 e. The number of carbonyl (C=O) groups excluding carboxylic acids is 1. The van der Waals surface area contributed by atoms with Crippen molar-refractivity contribution in [2.24, 2.45) is 0 Å². The Morgan fingerprint density at radius 2 is 1.65 bits per heavy atom.